The normalized spacial score (nSPS) is 24.3. The highest BCUT2D eigenvalue weighted by atomic mass is 16.2. The van der Waals surface area contributed by atoms with Gasteiger partial charge in [-0.2, -0.15) is 0 Å². The first-order valence-electron chi connectivity index (χ1n) is 6.88. The van der Waals surface area contributed by atoms with Gasteiger partial charge < -0.3 is 10.6 Å². The molecule has 18 heavy (non-hydrogen) atoms. The van der Waals surface area contributed by atoms with Crippen LogP contribution in [0.2, 0.25) is 0 Å². The van der Waals surface area contributed by atoms with E-state index in [1.54, 1.807) is 0 Å². The lowest BCUT2D eigenvalue weighted by atomic mass is 9.93. The highest BCUT2D eigenvalue weighted by Gasteiger charge is 2.44. The van der Waals surface area contributed by atoms with Crippen LogP contribution in [-0.4, -0.2) is 23.4 Å². The third-order valence-corrected chi connectivity index (χ3v) is 4.79. The summed E-state index contributed by atoms with van der Waals surface area (Å²) in [6.07, 6.45) is 4.70. The van der Waals surface area contributed by atoms with Gasteiger partial charge in [0, 0.05) is 30.1 Å². The molecule has 0 unspecified atom stereocenters. The fourth-order valence-corrected chi connectivity index (χ4v) is 3.10. The van der Waals surface area contributed by atoms with E-state index in [-0.39, 0.29) is 11.3 Å². The Morgan fingerprint density at radius 2 is 2.11 bits per heavy atom. The van der Waals surface area contributed by atoms with Gasteiger partial charge in [-0.3, -0.25) is 4.79 Å². The number of carbonyl (C=O) groups is 1. The number of hydrogen-bond donors (Lipinski definition) is 1. The molecule has 2 saturated carbocycles. The molecule has 2 fully saturated rings. The Bertz CT molecular complexity index is 529. The lowest BCUT2D eigenvalue weighted by Crippen LogP contribution is -2.26. The number of nitrogens with zero attached hydrogens (tertiary/aromatic N) is 1. The smallest absolute Gasteiger partial charge is 0.254 e. The van der Waals surface area contributed by atoms with E-state index in [9.17, 15) is 4.79 Å². The number of carbonyl (C=O) groups excluding carboxylic acids is 1. The zero-order chi connectivity index (χ0) is 12.3. The summed E-state index contributed by atoms with van der Waals surface area (Å²) in [7, 11) is 0. The van der Waals surface area contributed by atoms with E-state index in [4.69, 9.17) is 5.73 Å². The van der Waals surface area contributed by atoms with Crippen molar-refractivity contribution in [2.24, 2.45) is 5.73 Å². The van der Waals surface area contributed by atoms with Crippen molar-refractivity contribution in [3.63, 3.8) is 0 Å². The molecular formula is C15H18N2O. The molecule has 1 heterocycles. The van der Waals surface area contributed by atoms with Gasteiger partial charge in [0.1, 0.15) is 0 Å². The van der Waals surface area contributed by atoms with Crippen molar-refractivity contribution < 1.29 is 4.79 Å². The largest absolute Gasteiger partial charge is 0.331 e. The maximum absolute atomic E-state index is 12.4. The summed E-state index contributed by atoms with van der Waals surface area (Å²) in [5, 5.41) is 0. The van der Waals surface area contributed by atoms with Gasteiger partial charge in [-0.25, -0.2) is 0 Å². The van der Waals surface area contributed by atoms with Crippen LogP contribution in [0, 0.1) is 0 Å². The van der Waals surface area contributed by atoms with Crippen molar-refractivity contribution in [2.45, 2.75) is 43.7 Å². The maximum atomic E-state index is 12.4. The summed E-state index contributed by atoms with van der Waals surface area (Å²) >= 11 is 0. The first kappa shape index (κ1) is 10.6. The molecule has 1 amide bonds. The monoisotopic (exact) mass is 242 g/mol. The predicted molar refractivity (Wildman–Crippen MR) is 69.3 cm³/mol. The third-order valence-electron chi connectivity index (χ3n) is 4.79. The zero-order valence-electron chi connectivity index (χ0n) is 10.5. The van der Waals surface area contributed by atoms with Crippen molar-refractivity contribution in [3.8, 4) is 0 Å². The summed E-state index contributed by atoms with van der Waals surface area (Å²) in [5.74, 6) is 0.238. The molecule has 3 aliphatic rings. The Labute approximate surface area is 107 Å². The first-order chi connectivity index (χ1) is 8.73. The highest BCUT2D eigenvalue weighted by Crippen LogP contribution is 2.48. The second-order valence-corrected chi connectivity index (χ2v) is 6.02. The van der Waals surface area contributed by atoms with Crippen LogP contribution in [0.25, 0.3) is 0 Å². The Morgan fingerprint density at radius 3 is 2.72 bits per heavy atom. The summed E-state index contributed by atoms with van der Waals surface area (Å²) in [4.78, 5) is 14.4. The second-order valence-electron chi connectivity index (χ2n) is 6.02. The van der Waals surface area contributed by atoms with Gasteiger partial charge in [0.05, 0.1) is 0 Å². The van der Waals surface area contributed by atoms with Crippen LogP contribution in [0.4, 0.5) is 0 Å². The summed E-state index contributed by atoms with van der Waals surface area (Å²) in [6, 6.07) is 6.95. The average molecular weight is 242 g/mol. The molecule has 1 aromatic rings. The number of nitrogens with two attached hydrogens (primary N) is 1. The lowest BCUT2D eigenvalue weighted by Gasteiger charge is -2.14. The molecule has 2 aliphatic carbocycles. The SMILES string of the molecule is NCC1(c2ccc3c(c2)C(=O)N(C2CC2)C3)CC1. The number of hydrogen-bond acceptors (Lipinski definition) is 2. The molecule has 0 spiro atoms. The first-order valence-corrected chi connectivity index (χ1v) is 6.88. The standard InChI is InChI=1S/C15H18N2O/c16-9-15(5-6-15)11-2-1-10-8-17(12-3-4-12)14(18)13(10)7-11/h1-2,7,12H,3-6,8-9,16H2. The number of benzene rings is 1. The van der Waals surface area contributed by atoms with Gasteiger partial charge in [-0.1, -0.05) is 12.1 Å². The van der Waals surface area contributed by atoms with E-state index in [0.29, 0.717) is 12.6 Å². The fourth-order valence-electron chi connectivity index (χ4n) is 3.10. The van der Waals surface area contributed by atoms with Crippen molar-refractivity contribution in [2.75, 3.05) is 6.54 Å². The predicted octanol–water partition coefficient (Wildman–Crippen LogP) is 1.80. The Hall–Kier alpha value is -1.35. The van der Waals surface area contributed by atoms with Gasteiger partial charge in [0.15, 0.2) is 0 Å². The molecule has 0 saturated heterocycles. The number of rotatable bonds is 3. The lowest BCUT2D eigenvalue weighted by molar-refractivity contribution is 0.0766. The quantitative estimate of drug-likeness (QED) is 0.878. The van der Waals surface area contributed by atoms with Crippen molar-refractivity contribution in [1.82, 2.24) is 4.90 Å². The molecule has 0 aromatic heterocycles. The molecule has 94 valence electrons. The van der Waals surface area contributed by atoms with Crippen molar-refractivity contribution in [3.05, 3.63) is 34.9 Å². The summed E-state index contributed by atoms with van der Waals surface area (Å²) in [5.41, 5.74) is 9.45. The van der Waals surface area contributed by atoms with E-state index in [1.807, 2.05) is 4.90 Å². The highest BCUT2D eigenvalue weighted by molar-refractivity contribution is 5.99. The van der Waals surface area contributed by atoms with Gasteiger partial charge in [-0.15, -0.1) is 0 Å². The summed E-state index contributed by atoms with van der Waals surface area (Å²) < 4.78 is 0. The number of fused-ring (bicyclic) bond motifs is 1. The molecule has 3 heteroatoms. The summed E-state index contributed by atoms with van der Waals surface area (Å²) in [6.45, 7) is 1.51. The molecule has 0 atom stereocenters. The van der Waals surface area contributed by atoms with Crippen LogP contribution in [0.5, 0.6) is 0 Å². The Balaban J connectivity index is 1.71. The Kier molecular flexibility index (Phi) is 1.97. The molecule has 0 radical (unpaired) electrons. The maximum Gasteiger partial charge on any atom is 0.254 e. The molecule has 1 aliphatic heterocycles. The van der Waals surface area contributed by atoms with E-state index in [0.717, 1.165) is 12.1 Å². The minimum absolute atomic E-state index is 0.183. The molecule has 1 aromatic carbocycles. The van der Waals surface area contributed by atoms with Crippen LogP contribution in [0.3, 0.4) is 0 Å². The molecule has 3 nitrogen and oxygen atoms in total. The molecular weight excluding hydrogens is 224 g/mol. The van der Waals surface area contributed by atoms with Gasteiger partial charge in [0.25, 0.3) is 5.91 Å². The van der Waals surface area contributed by atoms with Crippen molar-refractivity contribution >= 4 is 5.91 Å². The van der Waals surface area contributed by atoms with E-state index >= 15 is 0 Å². The molecule has 4 rings (SSSR count). The van der Waals surface area contributed by atoms with Gasteiger partial charge >= 0.3 is 0 Å². The van der Waals surface area contributed by atoms with Crippen LogP contribution >= 0.6 is 0 Å². The second kappa shape index (κ2) is 3.35. The van der Waals surface area contributed by atoms with Crippen LogP contribution < -0.4 is 5.73 Å². The van der Waals surface area contributed by atoms with Crippen molar-refractivity contribution in [1.29, 1.82) is 0 Å². The number of amides is 1. The van der Waals surface area contributed by atoms with E-state index in [1.165, 1.54) is 36.8 Å². The Morgan fingerprint density at radius 1 is 1.33 bits per heavy atom. The van der Waals surface area contributed by atoms with E-state index < -0.39 is 0 Å². The fraction of sp³-hybridized carbons (Fsp3) is 0.533. The minimum atomic E-state index is 0.183. The average Bonchev–Trinajstić information content (AvgIpc) is 3.29. The van der Waals surface area contributed by atoms with E-state index in [2.05, 4.69) is 18.2 Å². The van der Waals surface area contributed by atoms with Crippen LogP contribution in [0.1, 0.15) is 47.2 Å². The topological polar surface area (TPSA) is 46.3 Å². The van der Waals surface area contributed by atoms with Crippen LogP contribution in [-0.2, 0) is 12.0 Å². The molecule has 0 bridgehead atoms. The van der Waals surface area contributed by atoms with Gasteiger partial charge in [-0.05, 0) is 42.9 Å². The van der Waals surface area contributed by atoms with Crippen LogP contribution in [0.15, 0.2) is 18.2 Å². The molecule has 2 N–H and O–H groups in total. The van der Waals surface area contributed by atoms with Gasteiger partial charge in [0.2, 0.25) is 0 Å². The minimum Gasteiger partial charge on any atom is -0.331 e. The zero-order valence-corrected chi connectivity index (χ0v) is 10.5. The third kappa shape index (κ3) is 1.37.